The molecule has 1 heterocycles. The molecule has 2 unspecified atom stereocenters. The fourth-order valence-electron chi connectivity index (χ4n) is 2.26. The number of benzene rings is 1. The van der Waals surface area contributed by atoms with Gasteiger partial charge >= 0.3 is 0 Å². The zero-order chi connectivity index (χ0) is 15.1. The first-order valence-corrected chi connectivity index (χ1v) is 7.11. The number of aliphatic hydroxyl groups excluding tert-OH is 1. The topological polar surface area (TPSA) is 90.5 Å². The Morgan fingerprint density at radius 1 is 1.14 bits per heavy atom. The highest BCUT2D eigenvalue weighted by atomic mass is 16.3. The van der Waals surface area contributed by atoms with Gasteiger partial charge in [0.25, 0.3) is 0 Å². The molecule has 6 nitrogen and oxygen atoms in total. The Morgan fingerprint density at radius 3 is 2.57 bits per heavy atom. The van der Waals surface area contributed by atoms with E-state index in [0.717, 1.165) is 5.56 Å². The molecular weight excluding hydrogens is 270 g/mol. The number of β-amino-alcohol motifs (C(OH)–C–C–N with tert-alkyl or cyclic N) is 1. The minimum absolute atomic E-state index is 0.0361. The van der Waals surface area contributed by atoms with Crippen molar-refractivity contribution in [1.29, 1.82) is 0 Å². The summed E-state index contributed by atoms with van der Waals surface area (Å²) in [6.07, 6.45) is -0.155. The zero-order valence-electron chi connectivity index (χ0n) is 11.8. The summed E-state index contributed by atoms with van der Waals surface area (Å²) in [5, 5.41) is 18.0. The van der Waals surface area contributed by atoms with Crippen molar-refractivity contribution in [2.75, 3.05) is 26.2 Å². The first-order valence-electron chi connectivity index (χ1n) is 7.11. The van der Waals surface area contributed by atoms with E-state index in [4.69, 9.17) is 0 Å². The molecule has 0 aromatic heterocycles. The molecule has 2 atom stereocenters. The second-order valence-electron chi connectivity index (χ2n) is 5.23. The van der Waals surface area contributed by atoms with E-state index >= 15 is 0 Å². The van der Waals surface area contributed by atoms with Gasteiger partial charge in [-0.05, 0) is 5.56 Å². The average Bonchev–Trinajstić information content (AvgIpc) is 2.89. The van der Waals surface area contributed by atoms with Gasteiger partial charge in [0, 0.05) is 25.6 Å². The van der Waals surface area contributed by atoms with Crippen LogP contribution in [0.4, 0.5) is 0 Å². The van der Waals surface area contributed by atoms with Crippen molar-refractivity contribution in [3.63, 3.8) is 0 Å². The van der Waals surface area contributed by atoms with Crippen LogP contribution >= 0.6 is 0 Å². The van der Waals surface area contributed by atoms with E-state index in [-0.39, 0.29) is 30.7 Å². The van der Waals surface area contributed by atoms with Crippen LogP contribution in [0.25, 0.3) is 0 Å². The number of nitrogens with one attached hydrogen (secondary N) is 3. The van der Waals surface area contributed by atoms with Crippen molar-refractivity contribution < 1.29 is 14.7 Å². The van der Waals surface area contributed by atoms with Gasteiger partial charge in [0.1, 0.15) is 0 Å². The third-order valence-corrected chi connectivity index (χ3v) is 3.52. The Balaban J connectivity index is 1.63. The van der Waals surface area contributed by atoms with Crippen LogP contribution in [0, 0.1) is 5.92 Å². The number of carbonyl (C=O) groups excluding carboxylic acids is 2. The first-order chi connectivity index (χ1) is 10.1. The third-order valence-electron chi connectivity index (χ3n) is 3.52. The van der Waals surface area contributed by atoms with Gasteiger partial charge < -0.3 is 21.1 Å². The smallest absolute Gasteiger partial charge is 0.239 e. The SMILES string of the molecule is O=C(CNC(=O)Cc1ccccc1)NCC1CNCC1O. The molecular formula is C15H21N3O3. The lowest BCUT2D eigenvalue weighted by Gasteiger charge is -2.14. The summed E-state index contributed by atoms with van der Waals surface area (Å²) in [6, 6.07) is 9.37. The molecule has 1 aliphatic heterocycles. The van der Waals surface area contributed by atoms with Crippen LogP contribution in [0.1, 0.15) is 5.56 Å². The molecule has 6 heteroatoms. The molecule has 0 radical (unpaired) electrons. The molecule has 1 aromatic carbocycles. The number of aliphatic hydroxyl groups is 1. The van der Waals surface area contributed by atoms with E-state index in [2.05, 4.69) is 16.0 Å². The Morgan fingerprint density at radius 2 is 1.90 bits per heavy atom. The highest BCUT2D eigenvalue weighted by Gasteiger charge is 2.24. The van der Waals surface area contributed by atoms with Crippen molar-refractivity contribution >= 4 is 11.8 Å². The fraction of sp³-hybridized carbons (Fsp3) is 0.467. The van der Waals surface area contributed by atoms with Crippen LogP contribution in [-0.4, -0.2) is 49.2 Å². The highest BCUT2D eigenvalue weighted by Crippen LogP contribution is 2.06. The Kier molecular flexibility index (Phi) is 5.71. The summed E-state index contributed by atoms with van der Waals surface area (Å²) in [6.45, 7) is 1.64. The van der Waals surface area contributed by atoms with Crippen LogP contribution in [0.2, 0.25) is 0 Å². The number of hydrogen-bond donors (Lipinski definition) is 4. The standard InChI is InChI=1S/C15H21N3O3/c19-13-9-16-7-12(13)8-17-15(21)10-18-14(20)6-11-4-2-1-3-5-11/h1-5,12-13,16,19H,6-10H2,(H,17,21)(H,18,20). The van der Waals surface area contributed by atoms with Crippen molar-refractivity contribution in [2.24, 2.45) is 5.92 Å². The van der Waals surface area contributed by atoms with Crippen LogP contribution in [-0.2, 0) is 16.0 Å². The number of carbonyl (C=O) groups is 2. The molecule has 2 amide bonds. The van der Waals surface area contributed by atoms with E-state index in [0.29, 0.717) is 19.6 Å². The Bertz CT molecular complexity index is 478. The van der Waals surface area contributed by atoms with Crippen LogP contribution in [0.15, 0.2) is 30.3 Å². The molecule has 0 saturated carbocycles. The minimum atomic E-state index is -0.419. The molecule has 0 aliphatic carbocycles. The molecule has 2 rings (SSSR count). The van der Waals surface area contributed by atoms with Crippen molar-refractivity contribution in [1.82, 2.24) is 16.0 Å². The minimum Gasteiger partial charge on any atom is -0.391 e. The molecule has 1 saturated heterocycles. The predicted octanol–water partition coefficient (Wildman–Crippen LogP) is -0.958. The van der Waals surface area contributed by atoms with Gasteiger partial charge in [0.2, 0.25) is 11.8 Å². The fourth-order valence-corrected chi connectivity index (χ4v) is 2.26. The van der Waals surface area contributed by atoms with Gasteiger partial charge in [-0.15, -0.1) is 0 Å². The van der Waals surface area contributed by atoms with Crippen molar-refractivity contribution in [2.45, 2.75) is 12.5 Å². The maximum Gasteiger partial charge on any atom is 0.239 e. The summed E-state index contributed by atoms with van der Waals surface area (Å²) in [5.41, 5.74) is 0.913. The molecule has 0 bridgehead atoms. The summed E-state index contributed by atoms with van der Waals surface area (Å²) in [4.78, 5) is 23.3. The molecule has 0 spiro atoms. The second kappa shape index (κ2) is 7.75. The van der Waals surface area contributed by atoms with Crippen LogP contribution in [0.5, 0.6) is 0 Å². The van der Waals surface area contributed by atoms with Gasteiger partial charge in [-0.2, -0.15) is 0 Å². The number of rotatable bonds is 6. The summed E-state index contributed by atoms with van der Waals surface area (Å²) < 4.78 is 0. The number of amides is 2. The molecule has 1 aromatic rings. The summed E-state index contributed by atoms with van der Waals surface area (Å²) >= 11 is 0. The van der Waals surface area contributed by atoms with E-state index in [1.807, 2.05) is 30.3 Å². The zero-order valence-corrected chi connectivity index (χ0v) is 11.8. The number of hydrogen-bond acceptors (Lipinski definition) is 4. The van der Waals surface area contributed by atoms with E-state index in [1.54, 1.807) is 0 Å². The van der Waals surface area contributed by atoms with Gasteiger partial charge in [-0.1, -0.05) is 30.3 Å². The lowest BCUT2D eigenvalue weighted by Crippen LogP contribution is -2.41. The normalized spacial score (nSPS) is 21.0. The van der Waals surface area contributed by atoms with Gasteiger partial charge in [-0.3, -0.25) is 9.59 Å². The molecule has 4 N–H and O–H groups in total. The monoisotopic (exact) mass is 291 g/mol. The lowest BCUT2D eigenvalue weighted by atomic mass is 10.1. The largest absolute Gasteiger partial charge is 0.391 e. The Labute approximate surface area is 123 Å². The molecule has 1 fully saturated rings. The molecule has 114 valence electrons. The second-order valence-corrected chi connectivity index (χ2v) is 5.23. The van der Waals surface area contributed by atoms with E-state index < -0.39 is 6.10 Å². The van der Waals surface area contributed by atoms with Gasteiger partial charge in [-0.25, -0.2) is 0 Å². The first kappa shape index (κ1) is 15.5. The lowest BCUT2D eigenvalue weighted by molar-refractivity contribution is -0.125. The van der Waals surface area contributed by atoms with E-state index in [9.17, 15) is 14.7 Å². The van der Waals surface area contributed by atoms with Gasteiger partial charge in [0.15, 0.2) is 0 Å². The summed E-state index contributed by atoms with van der Waals surface area (Å²) in [7, 11) is 0. The molecule has 1 aliphatic rings. The highest BCUT2D eigenvalue weighted by molar-refractivity contribution is 5.85. The van der Waals surface area contributed by atoms with Crippen LogP contribution < -0.4 is 16.0 Å². The Hall–Kier alpha value is -1.92. The molecule has 21 heavy (non-hydrogen) atoms. The van der Waals surface area contributed by atoms with Crippen molar-refractivity contribution in [3.8, 4) is 0 Å². The van der Waals surface area contributed by atoms with Crippen LogP contribution in [0.3, 0.4) is 0 Å². The van der Waals surface area contributed by atoms with E-state index in [1.165, 1.54) is 0 Å². The average molecular weight is 291 g/mol. The van der Waals surface area contributed by atoms with Gasteiger partial charge in [0.05, 0.1) is 19.1 Å². The summed E-state index contributed by atoms with van der Waals surface area (Å²) in [5.74, 6) is -0.386. The quantitative estimate of drug-likeness (QED) is 0.543. The third kappa shape index (κ3) is 5.17. The predicted molar refractivity (Wildman–Crippen MR) is 78.5 cm³/mol. The maximum atomic E-state index is 11.7. The maximum absolute atomic E-state index is 11.7. The van der Waals surface area contributed by atoms with Crippen molar-refractivity contribution in [3.05, 3.63) is 35.9 Å².